The van der Waals surface area contributed by atoms with E-state index in [2.05, 4.69) is 44.4 Å². The van der Waals surface area contributed by atoms with Gasteiger partial charge in [-0.1, -0.05) is 6.42 Å². The minimum atomic E-state index is 0.807. The minimum absolute atomic E-state index is 0.807. The number of hydrogen-bond acceptors (Lipinski definition) is 3. The van der Waals surface area contributed by atoms with Gasteiger partial charge in [-0.3, -0.25) is 0 Å². The number of fused-ring (bicyclic) bond motifs is 1. The lowest BCUT2D eigenvalue weighted by Crippen LogP contribution is -2.30. The summed E-state index contributed by atoms with van der Waals surface area (Å²) in [6.07, 6.45) is 6.53. The molecule has 0 atom stereocenters. The Hall–Kier alpha value is -0.580. The van der Waals surface area contributed by atoms with Gasteiger partial charge in [0, 0.05) is 10.1 Å². The minimum Gasteiger partial charge on any atom is -0.492 e. The standard InChI is InChI=1S/C17H22BrNOS/c18-15-6-7-16-14(8-13-21-16)17(15)20-12-5-4-11-19-9-2-1-3-10-19/h6-8,13H,1-5,9-12H2. The molecule has 0 aliphatic carbocycles. The molecule has 114 valence electrons. The van der Waals surface area contributed by atoms with Gasteiger partial charge in [0.05, 0.1) is 11.1 Å². The maximum absolute atomic E-state index is 6.04. The molecule has 0 N–H and O–H groups in total. The fraction of sp³-hybridized carbons (Fsp3) is 0.529. The van der Waals surface area contributed by atoms with Crippen molar-refractivity contribution in [1.29, 1.82) is 0 Å². The van der Waals surface area contributed by atoms with Gasteiger partial charge >= 0.3 is 0 Å². The van der Waals surface area contributed by atoms with Crippen molar-refractivity contribution < 1.29 is 4.74 Å². The van der Waals surface area contributed by atoms with Crippen LogP contribution >= 0.6 is 27.3 Å². The Balaban J connectivity index is 1.46. The third-order valence-corrected chi connectivity index (χ3v) is 5.61. The predicted molar refractivity (Wildman–Crippen MR) is 94.5 cm³/mol. The van der Waals surface area contributed by atoms with Crippen molar-refractivity contribution in [2.45, 2.75) is 32.1 Å². The largest absolute Gasteiger partial charge is 0.492 e. The van der Waals surface area contributed by atoms with Crippen LogP contribution in [0.15, 0.2) is 28.1 Å². The van der Waals surface area contributed by atoms with Gasteiger partial charge in [-0.25, -0.2) is 0 Å². The van der Waals surface area contributed by atoms with Crippen LogP contribution in [-0.2, 0) is 0 Å². The maximum atomic E-state index is 6.04. The Labute approximate surface area is 139 Å². The van der Waals surface area contributed by atoms with Crippen LogP contribution in [0.3, 0.4) is 0 Å². The number of likely N-dealkylation sites (tertiary alicyclic amines) is 1. The van der Waals surface area contributed by atoms with Gasteiger partial charge in [-0.2, -0.15) is 0 Å². The van der Waals surface area contributed by atoms with Gasteiger partial charge in [0.25, 0.3) is 0 Å². The average Bonchev–Trinajstić information content (AvgIpc) is 2.98. The Morgan fingerprint density at radius 1 is 1.10 bits per heavy atom. The number of nitrogens with zero attached hydrogens (tertiary/aromatic N) is 1. The zero-order chi connectivity index (χ0) is 14.5. The molecule has 2 nitrogen and oxygen atoms in total. The van der Waals surface area contributed by atoms with Crippen molar-refractivity contribution in [2.24, 2.45) is 0 Å². The number of unbranched alkanes of at least 4 members (excludes halogenated alkanes) is 1. The van der Waals surface area contributed by atoms with E-state index in [4.69, 9.17) is 4.74 Å². The molecule has 3 rings (SSSR count). The highest BCUT2D eigenvalue weighted by Crippen LogP contribution is 2.36. The number of ether oxygens (including phenoxy) is 1. The van der Waals surface area contributed by atoms with E-state index in [1.807, 2.05) is 0 Å². The Kier molecular flexibility index (Phi) is 5.55. The highest BCUT2D eigenvalue weighted by Gasteiger charge is 2.10. The van der Waals surface area contributed by atoms with Crippen LogP contribution in [0.1, 0.15) is 32.1 Å². The van der Waals surface area contributed by atoms with E-state index in [1.54, 1.807) is 11.3 Å². The lowest BCUT2D eigenvalue weighted by molar-refractivity contribution is 0.216. The SMILES string of the molecule is Brc1ccc2sccc2c1OCCCCN1CCCCC1. The zero-order valence-electron chi connectivity index (χ0n) is 12.3. The van der Waals surface area contributed by atoms with Crippen molar-refractivity contribution in [3.8, 4) is 5.75 Å². The fourth-order valence-corrected chi connectivity index (χ4v) is 4.18. The molecule has 0 unspecified atom stereocenters. The van der Waals surface area contributed by atoms with Gasteiger partial charge in [-0.05, 0) is 84.8 Å². The molecule has 1 aromatic carbocycles. The van der Waals surface area contributed by atoms with E-state index < -0.39 is 0 Å². The van der Waals surface area contributed by atoms with E-state index in [1.165, 1.54) is 55.4 Å². The molecule has 4 heteroatoms. The van der Waals surface area contributed by atoms with Crippen LogP contribution in [-0.4, -0.2) is 31.1 Å². The molecule has 0 spiro atoms. The van der Waals surface area contributed by atoms with Gasteiger partial charge in [-0.15, -0.1) is 11.3 Å². The monoisotopic (exact) mass is 367 g/mol. The highest BCUT2D eigenvalue weighted by atomic mass is 79.9. The van der Waals surface area contributed by atoms with Crippen LogP contribution in [0.2, 0.25) is 0 Å². The lowest BCUT2D eigenvalue weighted by atomic mass is 10.1. The number of thiophene rings is 1. The second-order valence-electron chi connectivity index (χ2n) is 5.67. The topological polar surface area (TPSA) is 12.5 Å². The van der Waals surface area contributed by atoms with Crippen molar-refractivity contribution in [3.63, 3.8) is 0 Å². The van der Waals surface area contributed by atoms with Crippen LogP contribution in [0.5, 0.6) is 5.75 Å². The summed E-state index contributed by atoms with van der Waals surface area (Å²) in [4.78, 5) is 2.60. The summed E-state index contributed by atoms with van der Waals surface area (Å²) >= 11 is 5.37. The average molecular weight is 368 g/mol. The second-order valence-corrected chi connectivity index (χ2v) is 7.47. The number of hydrogen-bond donors (Lipinski definition) is 0. The number of piperidine rings is 1. The van der Waals surface area contributed by atoms with Crippen LogP contribution in [0.25, 0.3) is 10.1 Å². The smallest absolute Gasteiger partial charge is 0.142 e. The first kappa shape index (κ1) is 15.3. The van der Waals surface area contributed by atoms with Crippen LogP contribution in [0.4, 0.5) is 0 Å². The summed E-state index contributed by atoms with van der Waals surface area (Å²) < 4.78 is 8.39. The molecule has 1 aliphatic rings. The van der Waals surface area contributed by atoms with E-state index in [0.29, 0.717) is 0 Å². The molecule has 0 amide bonds. The highest BCUT2D eigenvalue weighted by molar-refractivity contribution is 9.10. The summed E-state index contributed by atoms with van der Waals surface area (Å²) in [5.74, 6) is 1.01. The molecule has 1 aromatic heterocycles. The van der Waals surface area contributed by atoms with Crippen LogP contribution in [0, 0.1) is 0 Å². The summed E-state index contributed by atoms with van der Waals surface area (Å²) in [6.45, 7) is 4.62. The molecule has 1 aliphatic heterocycles. The Bertz CT molecular complexity index is 577. The number of benzene rings is 1. The number of halogens is 1. The molecule has 0 bridgehead atoms. The van der Waals surface area contributed by atoms with E-state index in [9.17, 15) is 0 Å². The first-order valence-electron chi connectivity index (χ1n) is 7.85. The Morgan fingerprint density at radius 3 is 2.81 bits per heavy atom. The third-order valence-electron chi connectivity index (χ3n) is 4.10. The van der Waals surface area contributed by atoms with Gasteiger partial charge < -0.3 is 9.64 Å². The summed E-state index contributed by atoms with van der Waals surface area (Å²) in [5.41, 5.74) is 0. The summed E-state index contributed by atoms with van der Waals surface area (Å²) in [5, 5.41) is 3.35. The first-order chi connectivity index (χ1) is 10.3. The molecule has 2 heterocycles. The van der Waals surface area contributed by atoms with Crippen LogP contribution < -0.4 is 4.74 Å². The predicted octanol–water partition coefficient (Wildman–Crippen LogP) is 5.31. The van der Waals surface area contributed by atoms with Crippen molar-refractivity contribution in [2.75, 3.05) is 26.2 Å². The fourth-order valence-electron chi connectivity index (χ4n) is 2.93. The molecule has 2 aromatic rings. The maximum Gasteiger partial charge on any atom is 0.142 e. The van der Waals surface area contributed by atoms with E-state index in [0.717, 1.165) is 23.2 Å². The van der Waals surface area contributed by atoms with Gasteiger partial charge in [0.1, 0.15) is 5.75 Å². The molecular weight excluding hydrogens is 346 g/mol. The van der Waals surface area contributed by atoms with Gasteiger partial charge in [0.2, 0.25) is 0 Å². The van der Waals surface area contributed by atoms with Crippen molar-refractivity contribution in [1.82, 2.24) is 4.90 Å². The summed E-state index contributed by atoms with van der Waals surface area (Å²) in [6, 6.07) is 6.38. The normalized spacial score (nSPS) is 16.4. The molecule has 21 heavy (non-hydrogen) atoms. The van der Waals surface area contributed by atoms with Crippen molar-refractivity contribution >= 4 is 37.4 Å². The third kappa shape index (κ3) is 3.99. The van der Waals surface area contributed by atoms with Gasteiger partial charge in [0.15, 0.2) is 0 Å². The molecular formula is C17H22BrNOS. The molecule has 0 radical (unpaired) electrons. The molecule has 1 saturated heterocycles. The summed E-state index contributed by atoms with van der Waals surface area (Å²) in [7, 11) is 0. The van der Waals surface area contributed by atoms with E-state index >= 15 is 0 Å². The Morgan fingerprint density at radius 2 is 1.95 bits per heavy atom. The van der Waals surface area contributed by atoms with Crippen molar-refractivity contribution in [3.05, 3.63) is 28.1 Å². The molecule has 0 saturated carbocycles. The zero-order valence-corrected chi connectivity index (χ0v) is 14.7. The quantitative estimate of drug-likeness (QED) is 0.641. The second kappa shape index (κ2) is 7.61. The number of rotatable bonds is 6. The molecule has 1 fully saturated rings. The van der Waals surface area contributed by atoms with E-state index in [-0.39, 0.29) is 0 Å². The lowest BCUT2D eigenvalue weighted by Gasteiger charge is -2.26. The first-order valence-corrected chi connectivity index (χ1v) is 9.53.